The van der Waals surface area contributed by atoms with Gasteiger partial charge in [0.1, 0.15) is 11.5 Å². The lowest BCUT2D eigenvalue weighted by Gasteiger charge is -2.63. The Morgan fingerprint density at radius 3 is 2.76 bits per heavy atom. The van der Waals surface area contributed by atoms with Gasteiger partial charge in [0.05, 0.1) is 24.6 Å². The molecule has 1 aliphatic heterocycles. The fourth-order valence-corrected chi connectivity index (χ4v) is 8.50. The van der Waals surface area contributed by atoms with E-state index in [0.717, 1.165) is 12.8 Å². The zero-order valence-electron chi connectivity index (χ0n) is 22.1. The Morgan fingerprint density at radius 2 is 2.08 bits per heavy atom. The summed E-state index contributed by atoms with van der Waals surface area (Å²) in [7, 11) is -1.14. The maximum absolute atomic E-state index is 13.6. The number of carboxylic acid groups (broad SMARTS) is 1. The monoisotopic (exact) mass is 511 g/mol. The summed E-state index contributed by atoms with van der Waals surface area (Å²) in [6, 6.07) is 1.58. The van der Waals surface area contributed by atoms with Crippen molar-refractivity contribution in [2.24, 2.45) is 39.9 Å². The van der Waals surface area contributed by atoms with Crippen LogP contribution in [-0.2, 0) is 20.9 Å². The lowest BCUT2D eigenvalue weighted by atomic mass is 9.41. The molecule has 3 saturated carbocycles. The van der Waals surface area contributed by atoms with Crippen molar-refractivity contribution in [1.82, 2.24) is 4.98 Å². The number of rotatable bonds is 5. The molecule has 3 aliphatic carbocycles. The van der Waals surface area contributed by atoms with E-state index < -0.39 is 42.0 Å². The van der Waals surface area contributed by atoms with E-state index in [1.807, 2.05) is 6.92 Å². The Labute approximate surface area is 218 Å². The summed E-state index contributed by atoms with van der Waals surface area (Å²) in [4.78, 5) is 30.9. The van der Waals surface area contributed by atoms with E-state index >= 15 is 0 Å². The highest BCUT2D eigenvalue weighted by Crippen LogP contribution is 2.69. The van der Waals surface area contributed by atoms with E-state index in [0.29, 0.717) is 30.4 Å². The summed E-state index contributed by atoms with van der Waals surface area (Å²) >= 11 is 0. The predicted molar refractivity (Wildman–Crippen MR) is 137 cm³/mol. The normalized spacial score (nSPS) is 41.8. The van der Waals surface area contributed by atoms with Crippen LogP contribution in [0.1, 0.15) is 65.5 Å². The zero-order valence-corrected chi connectivity index (χ0v) is 22.1. The van der Waals surface area contributed by atoms with E-state index in [-0.39, 0.29) is 41.3 Å². The number of ketones is 1. The van der Waals surface area contributed by atoms with Gasteiger partial charge in [0.2, 0.25) is 0 Å². The molecule has 1 unspecified atom stereocenters. The third-order valence-electron chi connectivity index (χ3n) is 10.9. The molecule has 9 atom stereocenters. The fraction of sp³-hybridized carbons (Fsp3) is 0.679. The minimum atomic E-state index is -1.30. The number of hydrogen-bond acceptors (Lipinski definition) is 7. The summed E-state index contributed by atoms with van der Waals surface area (Å²) in [6.07, 6.45) is 4.30. The lowest BCUT2D eigenvalue weighted by Crippen LogP contribution is -2.63. The number of hydrogen-bond donors (Lipinski definition) is 3. The molecule has 2 heterocycles. The molecule has 5 rings (SSSR count). The Bertz CT molecular complexity index is 1130. The maximum Gasteiger partial charge on any atom is 0.493 e. The molecule has 1 aromatic rings. The number of ether oxygens (including phenoxy) is 1. The number of nitrogens with zero attached hydrogens (tertiary/aromatic N) is 1. The number of fused-ring (bicyclic) bond motifs is 1. The van der Waals surface area contributed by atoms with Crippen LogP contribution < -0.4 is 10.2 Å². The van der Waals surface area contributed by atoms with Crippen LogP contribution in [0.5, 0.6) is 5.75 Å². The van der Waals surface area contributed by atoms with Gasteiger partial charge in [-0.1, -0.05) is 33.8 Å². The second-order valence-corrected chi connectivity index (χ2v) is 12.4. The Kier molecular flexibility index (Phi) is 6.36. The number of carbonyl (C=O) groups excluding carboxylic acids is 1. The number of Topliss-reactive ketones (excluding diaryl/α,β-unsaturated/α-hetero) is 1. The summed E-state index contributed by atoms with van der Waals surface area (Å²) in [5, 5.41) is 32.4. The van der Waals surface area contributed by atoms with Crippen molar-refractivity contribution in [3.05, 3.63) is 30.6 Å². The fourth-order valence-electron chi connectivity index (χ4n) is 8.50. The first-order valence-corrected chi connectivity index (χ1v) is 13.4. The Morgan fingerprint density at radius 1 is 1.35 bits per heavy atom. The van der Waals surface area contributed by atoms with E-state index in [4.69, 9.17) is 9.39 Å². The van der Waals surface area contributed by atoms with E-state index in [1.165, 1.54) is 6.20 Å². The number of carboxylic acids is 1. The maximum atomic E-state index is 13.6. The molecular formula is C28H38BNO7. The second kappa shape index (κ2) is 8.92. The molecule has 9 heteroatoms. The van der Waals surface area contributed by atoms with Gasteiger partial charge in [0.15, 0.2) is 6.10 Å². The lowest BCUT2D eigenvalue weighted by molar-refractivity contribution is -0.193. The van der Waals surface area contributed by atoms with Crippen molar-refractivity contribution in [3.63, 3.8) is 0 Å². The van der Waals surface area contributed by atoms with E-state index in [9.17, 15) is 24.8 Å². The predicted octanol–water partition coefficient (Wildman–Crippen LogP) is 2.74. The molecule has 0 radical (unpaired) electrons. The molecule has 1 aromatic heterocycles. The first kappa shape index (κ1) is 26.4. The Balaban J connectivity index is 1.65. The van der Waals surface area contributed by atoms with E-state index in [2.05, 4.69) is 32.3 Å². The van der Waals surface area contributed by atoms with Gasteiger partial charge in [-0.15, -0.1) is 6.58 Å². The van der Waals surface area contributed by atoms with Gasteiger partial charge in [0, 0.05) is 29.1 Å². The molecule has 0 spiro atoms. The van der Waals surface area contributed by atoms with Crippen LogP contribution in [0.25, 0.3) is 0 Å². The van der Waals surface area contributed by atoms with Crippen molar-refractivity contribution in [3.8, 4) is 5.75 Å². The quantitative estimate of drug-likeness (QED) is 0.407. The molecule has 3 N–H and O–H groups in total. The van der Waals surface area contributed by atoms with Gasteiger partial charge in [-0.25, -0.2) is 4.79 Å². The smallest absolute Gasteiger partial charge is 0.478 e. The third-order valence-corrected chi connectivity index (χ3v) is 10.9. The Hall–Kier alpha value is -2.23. The summed E-state index contributed by atoms with van der Waals surface area (Å²) in [5.41, 5.74) is -0.783. The third kappa shape index (κ3) is 3.72. The van der Waals surface area contributed by atoms with Gasteiger partial charge in [0.25, 0.3) is 0 Å². The van der Waals surface area contributed by atoms with Crippen molar-refractivity contribution in [1.29, 1.82) is 0 Å². The largest absolute Gasteiger partial charge is 0.493 e. The average Bonchev–Trinajstić information content (AvgIpc) is 3.42. The van der Waals surface area contributed by atoms with Gasteiger partial charge in [-0.3, -0.25) is 9.78 Å². The molecule has 37 heavy (non-hydrogen) atoms. The molecule has 200 valence electrons. The van der Waals surface area contributed by atoms with Crippen LogP contribution >= 0.6 is 0 Å². The van der Waals surface area contributed by atoms with Crippen molar-refractivity contribution in [2.45, 2.75) is 78.6 Å². The number of aliphatic hydroxyl groups excluding tert-OH is 1. The van der Waals surface area contributed by atoms with Gasteiger partial charge in [-0.2, -0.15) is 0 Å². The van der Waals surface area contributed by atoms with Crippen molar-refractivity contribution >= 4 is 24.3 Å². The topological polar surface area (TPSA) is 126 Å². The van der Waals surface area contributed by atoms with Gasteiger partial charge in [-0.05, 0) is 54.4 Å². The van der Waals surface area contributed by atoms with Crippen LogP contribution in [0, 0.1) is 39.9 Å². The average molecular weight is 511 g/mol. The van der Waals surface area contributed by atoms with E-state index in [1.54, 1.807) is 12.1 Å². The number of aromatic nitrogens is 1. The molecule has 4 aliphatic rings. The molecular weight excluding hydrogens is 473 g/mol. The van der Waals surface area contributed by atoms with Gasteiger partial charge < -0.3 is 24.6 Å². The van der Waals surface area contributed by atoms with Crippen LogP contribution in [0.4, 0.5) is 0 Å². The van der Waals surface area contributed by atoms with Crippen LogP contribution in [0.3, 0.4) is 0 Å². The zero-order chi connectivity index (χ0) is 26.9. The first-order chi connectivity index (χ1) is 17.4. The minimum absolute atomic E-state index is 0.0769. The molecule has 3 fully saturated rings. The summed E-state index contributed by atoms with van der Waals surface area (Å²) < 4.78 is 11.4. The highest BCUT2D eigenvalue weighted by atomic mass is 16.5. The molecule has 0 aromatic carbocycles. The molecule has 0 saturated heterocycles. The highest BCUT2D eigenvalue weighted by Gasteiger charge is 2.68. The van der Waals surface area contributed by atoms with Crippen LogP contribution in [-0.4, -0.2) is 51.3 Å². The number of pyridine rings is 1. The number of carbonyl (C=O) groups is 2. The van der Waals surface area contributed by atoms with Crippen LogP contribution in [0.15, 0.2) is 24.9 Å². The number of aliphatic hydroxyl groups is 1. The van der Waals surface area contributed by atoms with Crippen LogP contribution in [0.2, 0.25) is 0 Å². The summed E-state index contributed by atoms with van der Waals surface area (Å²) in [6.45, 7) is 12.4. The number of aliphatic carboxylic acids is 1. The van der Waals surface area contributed by atoms with Crippen molar-refractivity contribution in [2.75, 3.05) is 0 Å². The first-order valence-electron chi connectivity index (χ1n) is 13.4. The standard InChI is InChI=1S/C28H38BNO7/c1-6-26(4)12-18(22(25(33)34)37-17-11-19-20(30-13-17)14-36-29(19)35)27(5)15(2)7-9-28(16(3)24(26)32)10-8-21(31)23(27)28/h6,11,13,15-16,18,22-24,32,35H,1,7-10,12,14H2,2-5H3,(H,33,34)/t15-,16+,18+,22?,23+,24+,26-,27-,28+/m1/s1. The molecule has 0 amide bonds. The highest BCUT2D eigenvalue weighted by molar-refractivity contribution is 6.61. The summed E-state index contributed by atoms with van der Waals surface area (Å²) in [5.74, 6) is -1.74. The van der Waals surface area contributed by atoms with Gasteiger partial charge >= 0.3 is 13.1 Å². The minimum Gasteiger partial charge on any atom is -0.478 e. The molecule has 8 nitrogen and oxygen atoms in total. The SMILES string of the molecule is C=C[C@]1(C)C[C@@H](C(Oc2cnc3c(c2)B(O)OC3)C(=O)O)[C@@]2(C)[C@H](C)CC[C@]3(CCC(=O)[C@H]32)[C@@H](C)[C@@H]1O. The van der Waals surface area contributed by atoms with Crippen molar-refractivity contribution < 1.29 is 34.2 Å². The molecule has 2 bridgehead atoms. The second-order valence-electron chi connectivity index (χ2n) is 12.4.